The molecule has 2 N–H and O–H groups in total. The molecular formula is C7H8F3NO2S. The van der Waals surface area contributed by atoms with E-state index in [9.17, 15) is 18.3 Å². The second kappa shape index (κ2) is 3.48. The number of aliphatic hydroxyl groups excluding tert-OH is 1. The van der Waals surface area contributed by atoms with Crippen LogP contribution in [0.5, 0.6) is 0 Å². The summed E-state index contributed by atoms with van der Waals surface area (Å²) >= 11 is 0.705. The number of hydrogen-bond acceptors (Lipinski definition) is 4. The average Bonchev–Trinajstić information content (AvgIpc) is 2.48. The van der Waals surface area contributed by atoms with Crippen molar-refractivity contribution in [2.75, 3.05) is 6.61 Å². The van der Waals surface area contributed by atoms with Crippen LogP contribution in [0.2, 0.25) is 0 Å². The van der Waals surface area contributed by atoms with Gasteiger partial charge >= 0.3 is 6.18 Å². The van der Waals surface area contributed by atoms with Crippen molar-refractivity contribution in [1.82, 2.24) is 4.98 Å². The molecule has 0 aromatic carbocycles. The van der Waals surface area contributed by atoms with Crippen LogP contribution in [0.15, 0.2) is 6.20 Å². The molecule has 0 aliphatic heterocycles. The summed E-state index contributed by atoms with van der Waals surface area (Å²) in [6.45, 7) is 0.138. The Bertz CT molecular complexity index is 325. The fourth-order valence-electron chi connectivity index (χ4n) is 0.824. The topological polar surface area (TPSA) is 53.4 Å². The van der Waals surface area contributed by atoms with E-state index in [1.807, 2.05) is 0 Å². The Balaban J connectivity index is 3.14. The maximum absolute atomic E-state index is 12.4. The molecule has 0 aliphatic carbocycles. The zero-order valence-electron chi connectivity index (χ0n) is 7.17. The van der Waals surface area contributed by atoms with Crippen molar-refractivity contribution >= 4 is 11.3 Å². The van der Waals surface area contributed by atoms with Gasteiger partial charge in [-0.3, -0.25) is 0 Å². The van der Waals surface area contributed by atoms with Crippen LogP contribution >= 0.6 is 11.3 Å². The average molecular weight is 227 g/mol. The number of aryl methyl sites for hydroxylation is 1. The van der Waals surface area contributed by atoms with Gasteiger partial charge in [-0.15, -0.1) is 11.3 Å². The Morgan fingerprint density at radius 3 is 2.36 bits per heavy atom. The van der Waals surface area contributed by atoms with Gasteiger partial charge in [-0.1, -0.05) is 0 Å². The lowest BCUT2D eigenvalue weighted by atomic mass is 10.1. The molecular weight excluding hydrogens is 219 g/mol. The molecule has 1 aromatic rings. The minimum Gasteiger partial charge on any atom is -0.393 e. The summed E-state index contributed by atoms with van der Waals surface area (Å²) in [5.41, 5.74) is -3.24. The van der Waals surface area contributed by atoms with Gasteiger partial charge in [0.15, 0.2) is 0 Å². The second-order valence-corrected chi connectivity index (χ2v) is 4.03. The molecule has 0 bridgehead atoms. The molecule has 0 spiro atoms. The Morgan fingerprint density at radius 1 is 1.50 bits per heavy atom. The Hall–Kier alpha value is -0.660. The van der Waals surface area contributed by atoms with Crippen molar-refractivity contribution in [3.05, 3.63) is 16.1 Å². The van der Waals surface area contributed by atoms with Crippen LogP contribution in [0, 0.1) is 6.92 Å². The van der Waals surface area contributed by atoms with E-state index in [1.165, 1.54) is 6.20 Å². The van der Waals surface area contributed by atoms with Crippen LogP contribution < -0.4 is 0 Å². The molecule has 80 valence electrons. The molecule has 0 amide bonds. The summed E-state index contributed by atoms with van der Waals surface area (Å²) in [4.78, 5) is 3.95. The minimum atomic E-state index is -4.92. The number of thiazole rings is 1. The van der Waals surface area contributed by atoms with Crippen LogP contribution in [0.4, 0.5) is 13.2 Å². The molecule has 3 nitrogen and oxygen atoms in total. The van der Waals surface area contributed by atoms with Crippen LogP contribution in [-0.2, 0) is 5.60 Å². The molecule has 1 heterocycles. The molecule has 1 unspecified atom stereocenters. The first kappa shape index (κ1) is 11.4. The molecule has 1 rings (SSSR count). The molecule has 1 atom stereocenters. The summed E-state index contributed by atoms with van der Waals surface area (Å²) in [5.74, 6) is 0. The lowest BCUT2D eigenvalue weighted by Crippen LogP contribution is -2.45. The Labute approximate surface area is 81.8 Å². The van der Waals surface area contributed by atoms with E-state index in [4.69, 9.17) is 5.11 Å². The van der Waals surface area contributed by atoms with E-state index in [0.29, 0.717) is 16.2 Å². The quantitative estimate of drug-likeness (QED) is 0.798. The van der Waals surface area contributed by atoms with Crippen molar-refractivity contribution in [1.29, 1.82) is 0 Å². The van der Waals surface area contributed by atoms with E-state index in [-0.39, 0.29) is 0 Å². The number of aromatic nitrogens is 1. The van der Waals surface area contributed by atoms with Crippen LogP contribution in [0.1, 0.15) is 9.88 Å². The first-order chi connectivity index (χ1) is 6.31. The van der Waals surface area contributed by atoms with Crippen molar-refractivity contribution in [2.24, 2.45) is 0 Å². The van der Waals surface area contributed by atoms with Crippen molar-refractivity contribution < 1.29 is 23.4 Å². The number of aliphatic hydroxyl groups is 2. The fourth-order valence-corrected chi connectivity index (χ4v) is 1.69. The highest BCUT2D eigenvalue weighted by Gasteiger charge is 2.56. The molecule has 0 saturated heterocycles. The Morgan fingerprint density at radius 2 is 2.07 bits per heavy atom. The fraction of sp³-hybridized carbons (Fsp3) is 0.571. The molecule has 0 saturated carbocycles. The first-order valence-corrected chi connectivity index (χ1v) is 4.46. The van der Waals surface area contributed by atoms with Gasteiger partial charge in [0.2, 0.25) is 5.60 Å². The van der Waals surface area contributed by atoms with Crippen LogP contribution in [0.3, 0.4) is 0 Å². The van der Waals surface area contributed by atoms with Gasteiger partial charge in [0, 0.05) is 11.1 Å². The lowest BCUT2D eigenvalue weighted by molar-refractivity contribution is -0.277. The van der Waals surface area contributed by atoms with Gasteiger partial charge in [-0.2, -0.15) is 13.2 Å². The number of nitrogens with zero attached hydrogens (tertiary/aromatic N) is 1. The number of hydrogen-bond donors (Lipinski definition) is 2. The van der Waals surface area contributed by atoms with Crippen LogP contribution in [0.25, 0.3) is 0 Å². The SMILES string of the molecule is Cc1cnc(C(O)(CO)C(F)(F)F)s1. The molecule has 0 fully saturated rings. The predicted molar refractivity (Wildman–Crippen MR) is 43.9 cm³/mol. The molecule has 14 heavy (non-hydrogen) atoms. The Kier molecular flexibility index (Phi) is 2.84. The zero-order chi connectivity index (χ0) is 11.0. The van der Waals surface area contributed by atoms with Gasteiger partial charge in [0.1, 0.15) is 5.01 Å². The standard InChI is InChI=1S/C7H8F3NO2S/c1-4-2-11-5(14-4)6(13,3-12)7(8,9)10/h2,12-13H,3H2,1H3. The van der Waals surface area contributed by atoms with Crippen molar-refractivity contribution in [3.8, 4) is 0 Å². The highest BCUT2D eigenvalue weighted by atomic mass is 32.1. The van der Waals surface area contributed by atoms with Gasteiger partial charge in [-0.05, 0) is 6.92 Å². The number of rotatable bonds is 2. The van der Waals surface area contributed by atoms with E-state index in [2.05, 4.69) is 4.98 Å². The molecule has 0 aliphatic rings. The second-order valence-electron chi connectivity index (χ2n) is 2.79. The highest BCUT2D eigenvalue weighted by Crippen LogP contribution is 2.39. The normalized spacial score (nSPS) is 16.7. The third-order valence-corrected chi connectivity index (χ3v) is 2.74. The molecule has 7 heteroatoms. The molecule has 0 radical (unpaired) electrons. The lowest BCUT2D eigenvalue weighted by Gasteiger charge is -2.25. The van der Waals surface area contributed by atoms with E-state index in [1.54, 1.807) is 6.92 Å². The summed E-state index contributed by atoms with van der Waals surface area (Å²) < 4.78 is 37.1. The largest absolute Gasteiger partial charge is 0.426 e. The van der Waals surface area contributed by atoms with E-state index >= 15 is 0 Å². The van der Waals surface area contributed by atoms with Crippen molar-refractivity contribution in [2.45, 2.75) is 18.7 Å². The maximum atomic E-state index is 12.4. The zero-order valence-corrected chi connectivity index (χ0v) is 7.98. The predicted octanol–water partition coefficient (Wildman–Crippen LogP) is 1.19. The molecule has 1 aromatic heterocycles. The van der Waals surface area contributed by atoms with Gasteiger partial charge in [-0.25, -0.2) is 4.98 Å². The summed E-state index contributed by atoms with van der Waals surface area (Å²) in [5, 5.41) is 17.3. The van der Waals surface area contributed by atoms with Crippen molar-refractivity contribution in [3.63, 3.8) is 0 Å². The smallest absolute Gasteiger partial charge is 0.393 e. The number of alkyl halides is 3. The van der Waals surface area contributed by atoms with Gasteiger partial charge < -0.3 is 10.2 Å². The number of halogens is 3. The van der Waals surface area contributed by atoms with Crippen LogP contribution in [-0.4, -0.2) is 28.0 Å². The summed E-state index contributed by atoms with van der Waals surface area (Å²) in [7, 11) is 0. The first-order valence-electron chi connectivity index (χ1n) is 3.64. The van der Waals surface area contributed by atoms with E-state index < -0.39 is 23.4 Å². The monoisotopic (exact) mass is 227 g/mol. The third kappa shape index (κ3) is 1.75. The summed E-state index contributed by atoms with van der Waals surface area (Å²) in [6.07, 6.45) is -3.71. The maximum Gasteiger partial charge on any atom is 0.426 e. The third-order valence-electron chi connectivity index (χ3n) is 1.67. The summed E-state index contributed by atoms with van der Waals surface area (Å²) in [6, 6.07) is 0. The van der Waals surface area contributed by atoms with E-state index in [0.717, 1.165) is 0 Å². The van der Waals surface area contributed by atoms with Gasteiger partial charge in [0.05, 0.1) is 6.61 Å². The minimum absolute atomic E-state index is 0.537. The van der Waals surface area contributed by atoms with Gasteiger partial charge in [0.25, 0.3) is 0 Å². The highest BCUT2D eigenvalue weighted by molar-refractivity contribution is 7.11.